The van der Waals surface area contributed by atoms with E-state index in [-0.39, 0.29) is 24.2 Å². The monoisotopic (exact) mass is 456 g/mol. The van der Waals surface area contributed by atoms with Gasteiger partial charge in [0.1, 0.15) is 5.75 Å². The minimum Gasteiger partial charge on any atom is -0.497 e. The molecule has 3 aromatic rings. The van der Waals surface area contributed by atoms with E-state index in [0.29, 0.717) is 18.9 Å². The van der Waals surface area contributed by atoms with Crippen LogP contribution < -0.4 is 15.0 Å². The van der Waals surface area contributed by atoms with E-state index in [4.69, 9.17) is 4.74 Å². The summed E-state index contributed by atoms with van der Waals surface area (Å²) in [6.07, 6.45) is 0.915. The van der Waals surface area contributed by atoms with E-state index in [1.165, 1.54) is 0 Å². The van der Waals surface area contributed by atoms with Crippen molar-refractivity contribution in [3.63, 3.8) is 0 Å². The van der Waals surface area contributed by atoms with Crippen LogP contribution in [0.3, 0.4) is 0 Å². The quantitative estimate of drug-likeness (QED) is 0.596. The van der Waals surface area contributed by atoms with Gasteiger partial charge in [0.2, 0.25) is 11.8 Å². The number of halogens is 1. The van der Waals surface area contributed by atoms with Gasteiger partial charge in [-0.25, -0.2) is 0 Å². The highest BCUT2D eigenvalue weighted by Crippen LogP contribution is 2.31. The van der Waals surface area contributed by atoms with Gasteiger partial charge in [-0.15, -0.1) is 0 Å². The third-order valence-electron chi connectivity index (χ3n) is 5.13. The number of H-pyrrole nitrogens is 1. The molecule has 8 heteroatoms. The van der Waals surface area contributed by atoms with Gasteiger partial charge < -0.3 is 10.1 Å². The number of rotatable bonds is 6. The Balaban J connectivity index is 1.36. The number of aromatic nitrogens is 2. The van der Waals surface area contributed by atoms with Gasteiger partial charge in [0.05, 0.1) is 18.5 Å². The Morgan fingerprint density at radius 1 is 1.31 bits per heavy atom. The lowest BCUT2D eigenvalue weighted by Gasteiger charge is -2.14. The van der Waals surface area contributed by atoms with Crippen molar-refractivity contribution in [2.75, 3.05) is 25.1 Å². The average molecular weight is 457 g/mol. The first-order valence-corrected chi connectivity index (χ1v) is 10.2. The molecule has 29 heavy (non-hydrogen) atoms. The molecular formula is C21H21BrN4O3. The smallest absolute Gasteiger partial charge is 0.229 e. The highest BCUT2D eigenvalue weighted by molar-refractivity contribution is 9.10. The van der Waals surface area contributed by atoms with Gasteiger partial charge in [0.25, 0.3) is 0 Å². The van der Waals surface area contributed by atoms with Crippen molar-refractivity contribution in [2.24, 2.45) is 5.92 Å². The Morgan fingerprint density at radius 2 is 2.10 bits per heavy atom. The summed E-state index contributed by atoms with van der Waals surface area (Å²) < 4.78 is 6.08. The van der Waals surface area contributed by atoms with Gasteiger partial charge in [-0.2, -0.15) is 5.10 Å². The van der Waals surface area contributed by atoms with E-state index in [0.717, 1.165) is 33.1 Å². The first-order chi connectivity index (χ1) is 14.0. The fraction of sp³-hybridized carbons (Fsp3) is 0.286. The van der Waals surface area contributed by atoms with Crippen molar-refractivity contribution >= 4 is 44.5 Å². The van der Waals surface area contributed by atoms with Crippen molar-refractivity contribution in [2.45, 2.75) is 12.8 Å². The number of ether oxygens (including phenoxy) is 1. The maximum absolute atomic E-state index is 12.6. The summed E-state index contributed by atoms with van der Waals surface area (Å²) in [4.78, 5) is 26.7. The molecule has 4 rings (SSSR count). The first-order valence-electron chi connectivity index (χ1n) is 9.40. The van der Waals surface area contributed by atoms with E-state index in [1.807, 2.05) is 42.5 Å². The van der Waals surface area contributed by atoms with E-state index in [2.05, 4.69) is 31.4 Å². The summed E-state index contributed by atoms with van der Waals surface area (Å²) in [6.45, 7) is 0.860. The number of hydrogen-bond acceptors (Lipinski definition) is 4. The Bertz CT molecular complexity index is 1050. The Labute approximate surface area is 176 Å². The van der Waals surface area contributed by atoms with Crippen LogP contribution in [0.5, 0.6) is 5.75 Å². The van der Waals surface area contributed by atoms with Gasteiger partial charge in [-0.1, -0.05) is 28.1 Å². The van der Waals surface area contributed by atoms with Gasteiger partial charge in [0.15, 0.2) is 5.82 Å². The normalized spacial score (nSPS) is 16.4. The predicted molar refractivity (Wildman–Crippen MR) is 114 cm³/mol. The molecule has 0 unspecified atom stereocenters. The fourth-order valence-corrected chi connectivity index (χ4v) is 3.90. The molecule has 0 aliphatic carbocycles. The lowest BCUT2D eigenvalue weighted by atomic mass is 10.1. The standard InChI is InChI=1S/C21H21BrN4O3/c1-29-16-5-2-13(3-6-16)8-9-23-21(28)14-10-19(27)26(12-14)20-17-7-4-15(22)11-18(17)24-25-20/h2-7,11,14H,8-10,12H2,1H3,(H,23,28)(H,24,25)/t14-/m1/s1. The molecule has 7 nitrogen and oxygen atoms in total. The van der Waals surface area contributed by atoms with Crippen LogP contribution in [-0.2, 0) is 16.0 Å². The number of fused-ring (bicyclic) bond motifs is 1. The number of aromatic amines is 1. The Morgan fingerprint density at radius 3 is 2.86 bits per heavy atom. The van der Waals surface area contributed by atoms with Crippen LogP contribution in [0, 0.1) is 5.92 Å². The highest BCUT2D eigenvalue weighted by Gasteiger charge is 2.36. The number of benzene rings is 2. The summed E-state index contributed by atoms with van der Waals surface area (Å²) in [5.41, 5.74) is 1.96. The van der Waals surface area contributed by atoms with Crippen LogP contribution in [0.25, 0.3) is 10.9 Å². The highest BCUT2D eigenvalue weighted by atomic mass is 79.9. The van der Waals surface area contributed by atoms with Crippen molar-refractivity contribution in [3.8, 4) is 5.75 Å². The zero-order valence-corrected chi connectivity index (χ0v) is 17.5. The Kier molecular flexibility index (Phi) is 5.53. The molecule has 1 saturated heterocycles. The molecule has 1 aromatic heterocycles. The van der Waals surface area contributed by atoms with Crippen LogP contribution >= 0.6 is 15.9 Å². The van der Waals surface area contributed by atoms with Crippen LogP contribution in [0.1, 0.15) is 12.0 Å². The predicted octanol–water partition coefficient (Wildman–Crippen LogP) is 3.05. The molecule has 1 atom stereocenters. The number of nitrogens with one attached hydrogen (secondary N) is 2. The molecule has 1 aliphatic rings. The molecule has 2 aromatic carbocycles. The number of hydrogen-bond donors (Lipinski definition) is 2. The first kappa shape index (κ1) is 19.4. The van der Waals surface area contributed by atoms with E-state index >= 15 is 0 Å². The summed E-state index contributed by atoms with van der Waals surface area (Å²) >= 11 is 3.43. The molecule has 0 saturated carbocycles. The molecule has 2 amide bonds. The summed E-state index contributed by atoms with van der Waals surface area (Å²) in [7, 11) is 1.63. The van der Waals surface area contributed by atoms with Gasteiger partial charge in [-0.05, 0) is 42.3 Å². The molecule has 0 bridgehead atoms. The maximum Gasteiger partial charge on any atom is 0.229 e. The molecule has 1 aliphatic heterocycles. The number of carbonyl (C=O) groups excluding carboxylic acids is 2. The van der Waals surface area contributed by atoms with Crippen LogP contribution in [0.15, 0.2) is 46.9 Å². The van der Waals surface area contributed by atoms with Crippen LogP contribution in [0.4, 0.5) is 5.82 Å². The number of nitrogens with zero attached hydrogens (tertiary/aromatic N) is 2. The molecule has 2 heterocycles. The number of methoxy groups -OCH3 is 1. The molecule has 2 N–H and O–H groups in total. The SMILES string of the molecule is COc1ccc(CCNC(=O)[C@@H]2CC(=O)N(c3n[nH]c4cc(Br)ccc34)C2)cc1. The van der Waals surface area contributed by atoms with Gasteiger partial charge in [0, 0.05) is 29.4 Å². The van der Waals surface area contributed by atoms with Crippen molar-refractivity contribution in [1.29, 1.82) is 0 Å². The lowest BCUT2D eigenvalue weighted by Crippen LogP contribution is -2.34. The fourth-order valence-electron chi connectivity index (χ4n) is 3.54. The average Bonchev–Trinajstić information content (AvgIpc) is 3.31. The van der Waals surface area contributed by atoms with Gasteiger partial charge >= 0.3 is 0 Å². The number of anilines is 1. The zero-order chi connectivity index (χ0) is 20.4. The van der Waals surface area contributed by atoms with E-state index in [9.17, 15) is 9.59 Å². The molecule has 150 valence electrons. The third kappa shape index (κ3) is 4.12. The molecule has 0 spiro atoms. The maximum atomic E-state index is 12.6. The largest absolute Gasteiger partial charge is 0.497 e. The second-order valence-electron chi connectivity index (χ2n) is 7.03. The van der Waals surface area contributed by atoms with E-state index in [1.54, 1.807) is 12.0 Å². The third-order valence-corrected chi connectivity index (χ3v) is 5.62. The topological polar surface area (TPSA) is 87.3 Å². The van der Waals surface area contributed by atoms with Crippen molar-refractivity contribution in [1.82, 2.24) is 15.5 Å². The molecule has 1 fully saturated rings. The lowest BCUT2D eigenvalue weighted by molar-refractivity contribution is -0.126. The molecular weight excluding hydrogens is 436 g/mol. The van der Waals surface area contributed by atoms with Crippen molar-refractivity contribution in [3.05, 3.63) is 52.5 Å². The summed E-state index contributed by atoms with van der Waals surface area (Å²) in [5.74, 6) is 0.820. The number of carbonyl (C=O) groups is 2. The molecule has 0 radical (unpaired) electrons. The van der Waals surface area contributed by atoms with Gasteiger partial charge in [-0.3, -0.25) is 19.6 Å². The summed E-state index contributed by atoms with van der Waals surface area (Å²) in [6, 6.07) is 13.5. The minimum absolute atomic E-state index is 0.0865. The zero-order valence-electron chi connectivity index (χ0n) is 15.9. The van der Waals surface area contributed by atoms with Crippen LogP contribution in [-0.4, -0.2) is 42.2 Å². The minimum atomic E-state index is -0.374. The second kappa shape index (κ2) is 8.24. The second-order valence-corrected chi connectivity index (χ2v) is 7.95. The van der Waals surface area contributed by atoms with Crippen molar-refractivity contribution < 1.29 is 14.3 Å². The van der Waals surface area contributed by atoms with E-state index < -0.39 is 0 Å². The summed E-state index contributed by atoms with van der Waals surface area (Å²) in [5, 5.41) is 11.1. The van der Waals surface area contributed by atoms with Crippen LogP contribution in [0.2, 0.25) is 0 Å². The number of amides is 2. The Hall–Kier alpha value is -2.87.